The highest BCUT2D eigenvalue weighted by Gasteiger charge is 2.13. The van der Waals surface area contributed by atoms with E-state index in [2.05, 4.69) is 20.6 Å². The first-order valence-corrected chi connectivity index (χ1v) is 10.6. The number of hydrogen-bond acceptors (Lipinski definition) is 6. The molecule has 0 aliphatic heterocycles. The molecule has 0 unspecified atom stereocenters. The van der Waals surface area contributed by atoms with E-state index in [1.807, 2.05) is 13.0 Å². The van der Waals surface area contributed by atoms with E-state index in [0.717, 1.165) is 11.1 Å². The van der Waals surface area contributed by atoms with Crippen LogP contribution in [0, 0.1) is 6.92 Å². The zero-order valence-corrected chi connectivity index (χ0v) is 18.3. The standard InChI is InChI=1S/C24H20N4O3S/c1-15-3-4-16(22(29)28-24-25-11-12-32-24)13-20(15)21-10-5-17(14-26-21)23(30)27-18-6-8-19(31-2)9-7-18/h3-14H,1-2H3,(H,27,30)(H,25,28,29). The minimum Gasteiger partial charge on any atom is -0.497 e. The maximum absolute atomic E-state index is 12.5. The van der Waals surface area contributed by atoms with Crippen LogP contribution in [0.3, 0.4) is 0 Å². The van der Waals surface area contributed by atoms with Gasteiger partial charge in [-0.05, 0) is 61.0 Å². The van der Waals surface area contributed by atoms with E-state index < -0.39 is 0 Å². The molecule has 0 fully saturated rings. The highest BCUT2D eigenvalue weighted by atomic mass is 32.1. The smallest absolute Gasteiger partial charge is 0.257 e. The van der Waals surface area contributed by atoms with E-state index in [1.54, 1.807) is 67.2 Å². The monoisotopic (exact) mass is 444 g/mol. The molecule has 8 heteroatoms. The Kier molecular flexibility index (Phi) is 6.23. The van der Waals surface area contributed by atoms with Crippen LogP contribution in [0.4, 0.5) is 10.8 Å². The summed E-state index contributed by atoms with van der Waals surface area (Å²) in [5.74, 6) is 0.214. The van der Waals surface area contributed by atoms with Crippen molar-refractivity contribution in [3.63, 3.8) is 0 Å². The number of carbonyl (C=O) groups excluding carboxylic acids is 2. The molecule has 2 N–H and O–H groups in total. The predicted octanol–water partition coefficient (Wildman–Crippen LogP) is 5.03. The van der Waals surface area contributed by atoms with E-state index >= 15 is 0 Å². The molecule has 160 valence electrons. The molecule has 7 nitrogen and oxygen atoms in total. The van der Waals surface area contributed by atoms with Gasteiger partial charge < -0.3 is 10.1 Å². The maximum atomic E-state index is 12.5. The fourth-order valence-electron chi connectivity index (χ4n) is 3.06. The van der Waals surface area contributed by atoms with Gasteiger partial charge in [-0.15, -0.1) is 11.3 Å². The van der Waals surface area contributed by atoms with Gasteiger partial charge >= 0.3 is 0 Å². The van der Waals surface area contributed by atoms with Crippen LogP contribution in [0.1, 0.15) is 26.3 Å². The molecule has 2 aromatic carbocycles. The van der Waals surface area contributed by atoms with Crippen molar-refractivity contribution >= 4 is 34.0 Å². The van der Waals surface area contributed by atoms with Crippen molar-refractivity contribution in [3.8, 4) is 17.0 Å². The van der Waals surface area contributed by atoms with Crippen LogP contribution in [0.2, 0.25) is 0 Å². The second-order valence-corrected chi connectivity index (χ2v) is 7.83. The third-order valence-electron chi connectivity index (χ3n) is 4.80. The average Bonchev–Trinajstić information content (AvgIpc) is 3.33. The molecular formula is C24H20N4O3S. The van der Waals surface area contributed by atoms with E-state index in [-0.39, 0.29) is 11.8 Å². The summed E-state index contributed by atoms with van der Waals surface area (Å²) in [6.07, 6.45) is 3.16. The van der Waals surface area contributed by atoms with Crippen LogP contribution in [0.15, 0.2) is 72.4 Å². The third kappa shape index (κ3) is 4.81. The number of nitrogens with zero attached hydrogens (tertiary/aromatic N) is 2. The Balaban J connectivity index is 1.50. The molecule has 0 aliphatic rings. The number of benzene rings is 2. The van der Waals surface area contributed by atoms with Crippen molar-refractivity contribution in [2.45, 2.75) is 6.92 Å². The third-order valence-corrected chi connectivity index (χ3v) is 5.49. The van der Waals surface area contributed by atoms with Crippen LogP contribution in [-0.4, -0.2) is 28.9 Å². The Morgan fingerprint density at radius 2 is 1.66 bits per heavy atom. The molecule has 4 aromatic rings. The minimum absolute atomic E-state index is 0.239. The number of thiazole rings is 1. The number of aryl methyl sites for hydroxylation is 1. The lowest BCUT2D eigenvalue weighted by Crippen LogP contribution is -2.12. The molecule has 0 spiro atoms. The van der Waals surface area contributed by atoms with Gasteiger partial charge in [0, 0.05) is 34.6 Å². The quantitative estimate of drug-likeness (QED) is 0.435. The Hall–Kier alpha value is -4.04. The van der Waals surface area contributed by atoms with Crippen molar-refractivity contribution < 1.29 is 14.3 Å². The van der Waals surface area contributed by atoms with Crippen LogP contribution >= 0.6 is 11.3 Å². The number of rotatable bonds is 6. The molecule has 0 atom stereocenters. The normalized spacial score (nSPS) is 10.4. The fraction of sp³-hybridized carbons (Fsp3) is 0.0833. The first-order valence-electron chi connectivity index (χ1n) is 9.77. The summed E-state index contributed by atoms with van der Waals surface area (Å²) in [5.41, 5.74) is 4.06. The molecule has 4 rings (SSSR count). The fourth-order valence-corrected chi connectivity index (χ4v) is 3.58. The summed E-state index contributed by atoms with van der Waals surface area (Å²) in [6, 6.07) is 16.0. The number of anilines is 2. The Morgan fingerprint density at radius 1 is 0.906 bits per heavy atom. The largest absolute Gasteiger partial charge is 0.497 e. The molecular weight excluding hydrogens is 424 g/mol. The minimum atomic E-state index is -0.262. The molecule has 0 aliphatic carbocycles. The average molecular weight is 445 g/mol. The number of aromatic nitrogens is 2. The lowest BCUT2D eigenvalue weighted by Gasteiger charge is -2.10. The highest BCUT2D eigenvalue weighted by molar-refractivity contribution is 7.13. The first-order chi connectivity index (χ1) is 15.5. The molecule has 2 heterocycles. The Labute approximate surface area is 189 Å². The van der Waals surface area contributed by atoms with Crippen molar-refractivity contribution in [1.29, 1.82) is 0 Å². The van der Waals surface area contributed by atoms with Crippen molar-refractivity contribution in [1.82, 2.24) is 9.97 Å². The SMILES string of the molecule is COc1ccc(NC(=O)c2ccc(-c3cc(C(=O)Nc4nccs4)ccc3C)nc2)cc1. The second-order valence-electron chi connectivity index (χ2n) is 6.94. The first kappa shape index (κ1) is 21.2. The summed E-state index contributed by atoms with van der Waals surface area (Å²) in [7, 11) is 1.59. The summed E-state index contributed by atoms with van der Waals surface area (Å²) >= 11 is 1.36. The van der Waals surface area contributed by atoms with Gasteiger partial charge in [0.25, 0.3) is 11.8 Å². The van der Waals surface area contributed by atoms with E-state index in [9.17, 15) is 9.59 Å². The van der Waals surface area contributed by atoms with Gasteiger partial charge in [0.15, 0.2) is 5.13 Å². The lowest BCUT2D eigenvalue weighted by atomic mass is 10.0. The number of amides is 2. The summed E-state index contributed by atoms with van der Waals surface area (Å²) in [4.78, 5) is 33.6. The van der Waals surface area contributed by atoms with Gasteiger partial charge in [-0.2, -0.15) is 0 Å². The summed E-state index contributed by atoms with van der Waals surface area (Å²) in [6.45, 7) is 1.95. The van der Waals surface area contributed by atoms with Gasteiger partial charge in [0.1, 0.15) is 5.75 Å². The molecule has 32 heavy (non-hydrogen) atoms. The van der Waals surface area contributed by atoms with Gasteiger partial charge in [-0.1, -0.05) is 6.07 Å². The number of carbonyl (C=O) groups is 2. The van der Waals surface area contributed by atoms with Crippen LogP contribution in [-0.2, 0) is 0 Å². The van der Waals surface area contributed by atoms with E-state index in [4.69, 9.17) is 4.74 Å². The number of nitrogens with one attached hydrogen (secondary N) is 2. The molecule has 0 saturated carbocycles. The molecule has 2 amide bonds. The van der Waals surface area contributed by atoms with Crippen LogP contribution in [0.25, 0.3) is 11.3 Å². The van der Waals surface area contributed by atoms with E-state index in [0.29, 0.717) is 33.4 Å². The lowest BCUT2D eigenvalue weighted by molar-refractivity contribution is 0.101. The van der Waals surface area contributed by atoms with Gasteiger partial charge in [0.2, 0.25) is 0 Å². The van der Waals surface area contributed by atoms with E-state index in [1.165, 1.54) is 17.5 Å². The summed E-state index contributed by atoms with van der Waals surface area (Å²) in [5, 5.41) is 7.95. The van der Waals surface area contributed by atoms with Gasteiger partial charge in [-0.25, -0.2) is 4.98 Å². The van der Waals surface area contributed by atoms with Crippen molar-refractivity contribution in [3.05, 3.63) is 89.1 Å². The Morgan fingerprint density at radius 3 is 2.31 bits per heavy atom. The molecule has 0 saturated heterocycles. The van der Waals surface area contributed by atoms with Crippen LogP contribution < -0.4 is 15.4 Å². The van der Waals surface area contributed by atoms with Crippen molar-refractivity contribution in [2.75, 3.05) is 17.7 Å². The van der Waals surface area contributed by atoms with Crippen LogP contribution in [0.5, 0.6) is 5.75 Å². The number of ether oxygens (including phenoxy) is 1. The Bertz CT molecular complexity index is 1240. The number of pyridine rings is 1. The number of hydrogen-bond donors (Lipinski definition) is 2. The zero-order chi connectivity index (χ0) is 22.5. The molecule has 0 radical (unpaired) electrons. The highest BCUT2D eigenvalue weighted by Crippen LogP contribution is 2.24. The summed E-state index contributed by atoms with van der Waals surface area (Å²) < 4.78 is 5.12. The zero-order valence-electron chi connectivity index (χ0n) is 17.5. The molecule has 0 bridgehead atoms. The van der Waals surface area contributed by atoms with Gasteiger partial charge in [-0.3, -0.25) is 19.9 Å². The second kappa shape index (κ2) is 9.40. The molecule has 2 aromatic heterocycles. The topological polar surface area (TPSA) is 93.2 Å². The maximum Gasteiger partial charge on any atom is 0.257 e. The predicted molar refractivity (Wildman–Crippen MR) is 125 cm³/mol. The van der Waals surface area contributed by atoms with Crippen molar-refractivity contribution in [2.24, 2.45) is 0 Å². The van der Waals surface area contributed by atoms with Gasteiger partial charge in [0.05, 0.1) is 18.4 Å². The number of methoxy groups -OCH3 is 1.